The first-order chi connectivity index (χ1) is 8.27. The van der Waals surface area contributed by atoms with Gasteiger partial charge in [-0.25, -0.2) is 4.39 Å². The van der Waals surface area contributed by atoms with Gasteiger partial charge in [0.25, 0.3) is 0 Å². The zero-order chi connectivity index (χ0) is 13.8. The van der Waals surface area contributed by atoms with Crippen LogP contribution in [-0.2, 0) is 5.41 Å². The fourth-order valence-corrected chi connectivity index (χ4v) is 1.92. The molecule has 0 spiro atoms. The van der Waals surface area contributed by atoms with E-state index in [-0.39, 0.29) is 16.8 Å². The molecule has 0 aliphatic carbocycles. The van der Waals surface area contributed by atoms with Crippen LogP contribution in [0.1, 0.15) is 39.7 Å². The lowest BCUT2D eigenvalue weighted by Gasteiger charge is -2.33. The number of nitrogens with one attached hydrogen (secondary N) is 1. The van der Waals surface area contributed by atoms with E-state index in [1.165, 1.54) is 6.07 Å². The molecule has 1 aromatic carbocycles. The van der Waals surface area contributed by atoms with Crippen molar-refractivity contribution in [3.8, 4) is 0 Å². The van der Waals surface area contributed by atoms with Crippen molar-refractivity contribution < 1.29 is 4.39 Å². The van der Waals surface area contributed by atoms with E-state index in [0.29, 0.717) is 6.54 Å². The molecule has 0 unspecified atom stereocenters. The summed E-state index contributed by atoms with van der Waals surface area (Å²) in [6.45, 7) is 9.98. The summed E-state index contributed by atoms with van der Waals surface area (Å²) in [5, 5.41) is 3.52. The minimum absolute atomic E-state index is 0.0132. The van der Waals surface area contributed by atoms with E-state index in [2.05, 4.69) is 33.0 Å². The van der Waals surface area contributed by atoms with Crippen LogP contribution in [0.15, 0.2) is 24.3 Å². The Hall–Kier alpha value is -0.930. The first kappa shape index (κ1) is 15.1. The predicted octanol–water partition coefficient (Wildman–Crippen LogP) is 2.82. The van der Waals surface area contributed by atoms with Gasteiger partial charge in [0.1, 0.15) is 5.82 Å². The van der Waals surface area contributed by atoms with Crippen LogP contribution in [0.2, 0.25) is 0 Å². The summed E-state index contributed by atoms with van der Waals surface area (Å²) < 4.78 is 13.3. The molecule has 0 heterocycles. The zero-order valence-electron chi connectivity index (χ0n) is 11.9. The molecule has 3 heteroatoms. The number of benzene rings is 1. The minimum atomic E-state index is -0.179. The van der Waals surface area contributed by atoms with Gasteiger partial charge in [-0.3, -0.25) is 0 Å². The molecule has 18 heavy (non-hydrogen) atoms. The fourth-order valence-electron chi connectivity index (χ4n) is 1.92. The standard InChI is InChI=1S/C15H25FN2/c1-14(2,11-18-15(3,4)8-9-17)12-6-5-7-13(16)10-12/h5-7,10,18H,8-9,11,17H2,1-4H3. The molecule has 0 aliphatic rings. The molecule has 0 atom stereocenters. The van der Waals surface area contributed by atoms with Crippen molar-refractivity contribution in [2.45, 2.75) is 45.1 Å². The molecule has 1 aromatic rings. The summed E-state index contributed by atoms with van der Waals surface area (Å²) in [5.41, 5.74) is 6.52. The summed E-state index contributed by atoms with van der Waals surface area (Å²) in [7, 11) is 0. The van der Waals surface area contributed by atoms with Gasteiger partial charge in [0, 0.05) is 17.5 Å². The van der Waals surface area contributed by atoms with E-state index in [9.17, 15) is 4.39 Å². The van der Waals surface area contributed by atoms with Crippen molar-refractivity contribution in [2.75, 3.05) is 13.1 Å². The number of hydrogen-bond acceptors (Lipinski definition) is 2. The maximum absolute atomic E-state index is 13.3. The van der Waals surface area contributed by atoms with E-state index in [1.807, 2.05) is 6.07 Å². The average molecular weight is 252 g/mol. The average Bonchev–Trinajstić information content (AvgIpc) is 2.27. The summed E-state index contributed by atoms with van der Waals surface area (Å²) in [4.78, 5) is 0. The van der Waals surface area contributed by atoms with Crippen LogP contribution >= 0.6 is 0 Å². The van der Waals surface area contributed by atoms with Crippen molar-refractivity contribution in [3.05, 3.63) is 35.6 Å². The monoisotopic (exact) mass is 252 g/mol. The molecule has 3 N–H and O–H groups in total. The Labute approximate surface area is 110 Å². The number of hydrogen-bond donors (Lipinski definition) is 2. The van der Waals surface area contributed by atoms with Crippen molar-refractivity contribution in [1.82, 2.24) is 5.32 Å². The maximum atomic E-state index is 13.3. The summed E-state index contributed by atoms with van der Waals surface area (Å²) in [6, 6.07) is 6.82. The molecule has 0 saturated heterocycles. The summed E-state index contributed by atoms with van der Waals surface area (Å²) in [6.07, 6.45) is 0.923. The Morgan fingerprint density at radius 1 is 1.22 bits per heavy atom. The lowest BCUT2D eigenvalue weighted by Crippen LogP contribution is -2.46. The molecule has 0 radical (unpaired) electrons. The Balaban J connectivity index is 2.70. The molecule has 0 fully saturated rings. The lowest BCUT2D eigenvalue weighted by atomic mass is 9.83. The van der Waals surface area contributed by atoms with Gasteiger partial charge in [-0.05, 0) is 44.5 Å². The zero-order valence-corrected chi connectivity index (χ0v) is 11.9. The van der Waals surface area contributed by atoms with E-state index < -0.39 is 0 Å². The summed E-state index contributed by atoms with van der Waals surface area (Å²) >= 11 is 0. The topological polar surface area (TPSA) is 38.0 Å². The molecule has 2 nitrogen and oxygen atoms in total. The van der Waals surface area contributed by atoms with Gasteiger partial charge < -0.3 is 11.1 Å². The maximum Gasteiger partial charge on any atom is 0.123 e. The highest BCUT2D eigenvalue weighted by molar-refractivity contribution is 5.25. The molecule has 0 bridgehead atoms. The van der Waals surface area contributed by atoms with Crippen LogP contribution in [0.4, 0.5) is 4.39 Å². The van der Waals surface area contributed by atoms with E-state index >= 15 is 0 Å². The number of halogens is 1. The second-order valence-electron chi connectivity index (χ2n) is 6.17. The molecule has 1 rings (SSSR count). The minimum Gasteiger partial charge on any atom is -0.330 e. The largest absolute Gasteiger partial charge is 0.330 e. The summed E-state index contributed by atoms with van der Waals surface area (Å²) in [5.74, 6) is -0.179. The number of rotatable bonds is 6. The molecule has 0 aliphatic heterocycles. The van der Waals surface area contributed by atoms with E-state index in [4.69, 9.17) is 5.73 Å². The highest BCUT2D eigenvalue weighted by atomic mass is 19.1. The first-order valence-electron chi connectivity index (χ1n) is 6.48. The highest BCUT2D eigenvalue weighted by Crippen LogP contribution is 2.24. The quantitative estimate of drug-likeness (QED) is 0.817. The third-order valence-corrected chi connectivity index (χ3v) is 3.38. The van der Waals surface area contributed by atoms with Crippen LogP contribution in [0.3, 0.4) is 0 Å². The lowest BCUT2D eigenvalue weighted by molar-refractivity contribution is 0.325. The van der Waals surface area contributed by atoms with E-state index in [1.54, 1.807) is 12.1 Å². The molecular weight excluding hydrogens is 227 g/mol. The van der Waals surface area contributed by atoms with Crippen molar-refractivity contribution in [3.63, 3.8) is 0 Å². The van der Waals surface area contributed by atoms with Gasteiger partial charge in [-0.2, -0.15) is 0 Å². The third kappa shape index (κ3) is 4.39. The van der Waals surface area contributed by atoms with E-state index in [0.717, 1.165) is 18.5 Å². The molecule has 0 aromatic heterocycles. The van der Waals surface area contributed by atoms with Gasteiger partial charge >= 0.3 is 0 Å². The Morgan fingerprint density at radius 3 is 2.44 bits per heavy atom. The van der Waals surface area contributed by atoms with Gasteiger partial charge in [0.2, 0.25) is 0 Å². The van der Waals surface area contributed by atoms with Crippen molar-refractivity contribution in [2.24, 2.45) is 5.73 Å². The second kappa shape index (κ2) is 5.81. The van der Waals surface area contributed by atoms with Gasteiger partial charge in [0.05, 0.1) is 0 Å². The highest BCUT2D eigenvalue weighted by Gasteiger charge is 2.24. The van der Waals surface area contributed by atoms with Crippen LogP contribution in [0.25, 0.3) is 0 Å². The fraction of sp³-hybridized carbons (Fsp3) is 0.600. The SMILES string of the molecule is CC(C)(CCN)NCC(C)(C)c1cccc(F)c1. The van der Waals surface area contributed by atoms with Crippen LogP contribution in [0.5, 0.6) is 0 Å². The molecule has 0 saturated carbocycles. The predicted molar refractivity (Wildman–Crippen MR) is 75.2 cm³/mol. The van der Waals surface area contributed by atoms with Crippen LogP contribution < -0.4 is 11.1 Å². The smallest absolute Gasteiger partial charge is 0.123 e. The van der Waals surface area contributed by atoms with Crippen LogP contribution in [0, 0.1) is 5.82 Å². The Bertz CT molecular complexity index is 386. The van der Waals surface area contributed by atoms with Gasteiger partial charge in [0.15, 0.2) is 0 Å². The number of nitrogens with two attached hydrogens (primary N) is 1. The Morgan fingerprint density at radius 2 is 1.89 bits per heavy atom. The normalized spacial score (nSPS) is 12.8. The van der Waals surface area contributed by atoms with Crippen molar-refractivity contribution in [1.29, 1.82) is 0 Å². The third-order valence-electron chi connectivity index (χ3n) is 3.38. The molecular formula is C15H25FN2. The second-order valence-corrected chi connectivity index (χ2v) is 6.17. The van der Waals surface area contributed by atoms with Crippen molar-refractivity contribution >= 4 is 0 Å². The van der Waals surface area contributed by atoms with Crippen LogP contribution in [-0.4, -0.2) is 18.6 Å². The Kier molecular flexibility index (Phi) is 4.88. The first-order valence-corrected chi connectivity index (χ1v) is 6.48. The van der Waals surface area contributed by atoms with Gasteiger partial charge in [-0.15, -0.1) is 0 Å². The molecule has 0 amide bonds. The molecule has 102 valence electrons. The van der Waals surface area contributed by atoms with Gasteiger partial charge in [-0.1, -0.05) is 26.0 Å².